The molecule has 8 rings (SSSR count). The Labute approximate surface area is 408 Å². The number of aromatic hydroxyl groups is 1. The molecule has 0 saturated carbocycles. The summed E-state index contributed by atoms with van der Waals surface area (Å²) in [6.45, 7) is 11.9. The van der Waals surface area contributed by atoms with Crippen molar-refractivity contribution in [1.29, 1.82) is 0 Å². The van der Waals surface area contributed by atoms with E-state index in [1.807, 2.05) is 38.2 Å². The first-order valence-electron chi connectivity index (χ1n) is 24.3. The molecule has 2 aromatic heterocycles. The molecule has 3 saturated heterocycles. The van der Waals surface area contributed by atoms with Crippen LogP contribution in [-0.2, 0) is 64.2 Å². The summed E-state index contributed by atoms with van der Waals surface area (Å²) in [6.07, 6.45) is 5.41. The fourth-order valence-electron chi connectivity index (χ4n) is 10.5. The van der Waals surface area contributed by atoms with Gasteiger partial charge in [0.15, 0.2) is 0 Å². The molecule has 4 aliphatic rings. The second-order valence-corrected chi connectivity index (χ2v) is 20.2. The van der Waals surface area contributed by atoms with Crippen molar-refractivity contribution >= 4 is 46.6 Å². The minimum absolute atomic E-state index is 0.0278. The Morgan fingerprint density at radius 3 is 2.54 bits per heavy atom. The molecule has 5 atom stereocenters. The smallest absolute Gasteiger partial charge is 0.330 e. The van der Waals surface area contributed by atoms with Crippen molar-refractivity contribution in [2.24, 2.45) is 17.3 Å². The molecule has 4 aliphatic heterocycles. The fraction of sp³-hybridized carbons (Fsp3) is 0.519. The van der Waals surface area contributed by atoms with Gasteiger partial charge in [-0.25, -0.2) is 15.0 Å². The van der Waals surface area contributed by atoms with E-state index in [9.17, 15) is 33.9 Å². The number of carbonyl (C=O) groups excluding carboxylic acids is 6. The van der Waals surface area contributed by atoms with Crippen molar-refractivity contribution in [2.45, 2.75) is 104 Å². The minimum atomic E-state index is -1.20. The number of rotatable bonds is 10. The van der Waals surface area contributed by atoms with Crippen LogP contribution in [0.15, 0.2) is 54.9 Å². The maximum Gasteiger partial charge on any atom is 0.330 e. The highest BCUT2D eigenvalue weighted by atomic mass is 16.5. The molecule has 374 valence electrons. The Hall–Kier alpha value is -6.53. The number of methoxy groups -OCH3 is 2. The van der Waals surface area contributed by atoms with Crippen LogP contribution < -0.4 is 10.7 Å². The van der Waals surface area contributed by atoms with Crippen LogP contribution in [0.5, 0.6) is 5.75 Å². The zero-order chi connectivity index (χ0) is 50.2. The van der Waals surface area contributed by atoms with Gasteiger partial charge in [-0.05, 0) is 96.7 Å². The first-order valence-corrected chi connectivity index (χ1v) is 24.3. The number of nitrogens with zero attached hydrogens (tertiary/aromatic N) is 6. The molecule has 5 amide bonds. The van der Waals surface area contributed by atoms with Crippen molar-refractivity contribution in [2.75, 3.05) is 54.1 Å². The first kappa shape index (κ1) is 49.9. The monoisotopic (exact) mass is 962 g/mol. The van der Waals surface area contributed by atoms with Gasteiger partial charge >= 0.3 is 18.0 Å². The summed E-state index contributed by atoms with van der Waals surface area (Å²) in [5, 5.41) is 16.7. The Bertz CT molecular complexity index is 2680. The second-order valence-electron chi connectivity index (χ2n) is 20.2. The van der Waals surface area contributed by atoms with Gasteiger partial charge in [-0.3, -0.25) is 29.2 Å². The number of hydrogen-bond acceptors (Lipinski definition) is 12. The van der Waals surface area contributed by atoms with Gasteiger partial charge in [-0.2, -0.15) is 0 Å². The highest BCUT2D eigenvalue weighted by molar-refractivity contribution is 5.96. The van der Waals surface area contributed by atoms with E-state index < -0.39 is 65.2 Å². The summed E-state index contributed by atoms with van der Waals surface area (Å²) in [5.74, 6) is -3.38. The van der Waals surface area contributed by atoms with Crippen molar-refractivity contribution in [1.82, 2.24) is 40.0 Å². The quantitative estimate of drug-likeness (QED) is 0.147. The highest BCUT2D eigenvalue weighted by Gasteiger charge is 2.49. The van der Waals surface area contributed by atoms with Gasteiger partial charge in [0.2, 0.25) is 11.8 Å². The molecule has 18 heteroatoms. The number of esters is 2. The summed E-state index contributed by atoms with van der Waals surface area (Å²) >= 11 is 0. The molecule has 0 aliphatic carbocycles. The summed E-state index contributed by atoms with van der Waals surface area (Å²) in [4.78, 5) is 91.5. The molecule has 2 aromatic carbocycles. The van der Waals surface area contributed by atoms with Crippen LogP contribution in [0.25, 0.3) is 33.3 Å². The van der Waals surface area contributed by atoms with Crippen LogP contribution in [-0.4, -0.2) is 148 Å². The standard InChI is InChI=1S/C52H66N8O10/c1-9-58-42-13-12-32-23-37(42)38(45(58)39-25-53-16-14-34(39)28-68-7)24-52(4,5)29-70-49(65)40-11-10-17-60(55-40)48(64)41(21-31-19-35(32)22-36(61)20-31)54-46(62)44(30(2)3)56(6)47(63)33-15-18-57(26-33)51(67)59-27-43(59)50(66)69-8/h12-14,16,19-20,22-23,25,30,33,40-41,43-44,55,61H,9-11,15,17-18,21,24,26-29H2,1-8H3,(H,54,62)/t33-,40-,41-,43-,44-,59?/m0/s1. The SMILES string of the molecule is CCn1c(-c2cnccc2COC)c2c3cc(ccc31)-c1cc(O)cc(c1)C[C@H](NC(=O)[C@H](C(C)C)N(C)C(=O)[C@H]1CCN(C(=O)N3C[C@H]3C(=O)OC)C1)C(=O)N1CCC[C@H](N1)C(=O)OCC(C)(C)C2. The lowest BCUT2D eigenvalue weighted by Crippen LogP contribution is -2.62. The average Bonchev–Trinajstić information content (AvgIpc) is 3.89. The number of phenols is 1. The number of hydrogen-bond donors (Lipinski definition) is 3. The number of aromatic nitrogens is 2. The number of nitrogens with one attached hydrogen (secondary N) is 2. The Kier molecular flexibility index (Phi) is 14.6. The lowest BCUT2D eigenvalue weighted by atomic mass is 9.84. The number of ether oxygens (including phenoxy) is 3. The van der Waals surface area contributed by atoms with E-state index in [-0.39, 0.29) is 50.3 Å². The van der Waals surface area contributed by atoms with Crippen molar-refractivity contribution in [3.63, 3.8) is 0 Å². The van der Waals surface area contributed by atoms with Gasteiger partial charge in [0.25, 0.3) is 5.91 Å². The second kappa shape index (κ2) is 20.4. The van der Waals surface area contributed by atoms with Crippen LogP contribution in [0.4, 0.5) is 4.79 Å². The van der Waals surface area contributed by atoms with Crippen molar-refractivity contribution in [3.05, 3.63) is 71.5 Å². The maximum absolute atomic E-state index is 14.8. The lowest BCUT2D eigenvalue weighted by molar-refractivity contribution is -0.155. The summed E-state index contributed by atoms with van der Waals surface area (Å²) < 4.78 is 18.8. The van der Waals surface area contributed by atoms with Crippen LogP contribution in [0.3, 0.4) is 0 Å². The number of urea groups is 1. The Morgan fingerprint density at radius 2 is 1.81 bits per heavy atom. The van der Waals surface area contributed by atoms with E-state index in [0.29, 0.717) is 56.5 Å². The van der Waals surface area contributed by atoms with Crippen LogP contribution in [0.2, 0.25) is 0 Å². The summed E-state index contributed by atoms with van der Waals surface area (Å²) in [6, 6.07) is 9.31. The van der Waals surface area contributed by atoms with E-state index in [0.717, 1.165) is 38.9 Å². The number of aryl methyl sites for hydroxylation is 1. The van der Waals surface area contributed by atoms with E-state index in [2.05, 4.69) is 53.2 Å². The molecule has 0 spiro atoms. The zero-order valence-electron chi connectivity index (χ0n) is 41.5. The van der Waals surface area contributed by atoms with Crippen LogP contribution in [0.1, 0.15) is 70.6 Å². The number of carbonyl (C=O) groups is 6. The van der Waals surface area contributed by atoms with Crippen molar-refractivity contribution in [3.8, 4) is 28.1 Å². The molecule has 70 heavy (non-hydrogen) atoms. The number of pyridine rings is 1. The third kappa shape index (κ3) is 10.2. The predicted octanol–water partition coefficient (Wildman–Crippen LogP) is 4.67. The number of benzene rings is 2. The molecular formula is C52H66N8O10. The molecule has 4 aromatic rings. The largest absolute Gasteiger partial charge is 0.508 e. The summed E-state index contributed by atoms with van der Waals surface area (Å²) in [5.41, 5.74) is 9.61. The van der Waals surface area contributed by atoms with Gasteiger partial charge in [-0.1, -0.05) is 39.8 Å². The fourth-order valence-corrected chi connectivity index (χ4v) is 10.5. The normalized spacial score (nSPS) is 21.8. The van der Waals surface area contributed by atoms with Gasteiger partial charge in [-0.15, -0.1) is 0 Å². The molecule has 18 nitrogen and oxygen atoms in total. The van der Waals surface area contributed by atoms with E-state index in [1.165, 1.54) is 21.9 Å². The highest BCUT2D eigenvalue weighted by Crippen LogP contribution is 2.41. The molecule has 6 heterocycles. The minimum Gasteiger partial charge on any atom is -0.508 e. The number of likely N-dealkylation sites (tertiary alicyclic amines) is 1. The molecule has 3 N–H and O–H groups in total. The number of amides is 5. The Balaban J connectivity index is 1.13. The number of hydrazine groups is 1. The number of fused-ring (bicyclic) bond motifs is 6. The number of cyclic esters (lactones) is 1. The van der Waals surface area contributed by atoms with E-state index in [4.69, 9.17) is 14.2 Å². The average molecular weight is 963 g/mol. The third-order valence-electron chi connectivity index (χ3n) is 14.1. The summed E-state index contributed by atoms with van der Waals surface area (Å²) in [7, 11) is 4.49. The number of phenolic OH excluding ortho intramolecular Hbond substituents is 1. The van der Waals surface area contributed by atoms with Gasteiger partial charge in [0, 0.05) is 81.0 Å². The molecule has 6 bridgehead atoms. The molecular weight excluding hydrogens is 897 g/mol. The van der Waals surface area contributed by atoms with E-state index >= 15 is 0 Å². The number of likely N-dealkylation sites (N-methyl/N-ethyl adjacent to an activating group) is 1. The van der Waals surface area contributed by atoms with E-state index in [1.54, 1.807) is 37.4 Å². The molecule has 0 unspecified atom stereocenters. The van der Waals surface area contributed by atoms with Gasteiger partial charge < -0.3 is 43.9 Å². The maximum atomic E-state index is 14.8. The Morgan fingerprint density at radius 1 is 1.03 bits per heavy atom. The zero-order valence-corrected chi connectivity index (χ0v) is 41.5. The van der Waals surface area contributed by atoms with Crippen molar-refractivity contribution < 1.29 is 48.1 Å². The molecule has 0 radical (unpaired) electrons. The first-order chi connectivity index (χ1) is 33.4. The third-order valence-corrected chi connectivity index (χ3v) is 14.1. The van der Waals surface area contributed by atoms with Crippen LogP contribution >= 0.6 is 0 Å². The molecule has 3 fully saturated rings. The van der Waals surface area contributed by atoms with Crippen LogP contribution in [0, 0.1) is 17.3 Å². The van der Waals surface area contributed by atoms with Gasteiger partial charge in [0.05, 0.1) is 38.5 Å². The predicted molar refractivity (Wildman–Crippen MR) is 260 cm³/mol. The lowest BCUT2D eigenvalue weighted by Gasteiger charge is -2.37. The topological polar surface area (TPSA) is 205 Å². The van der Waals surface area contributed by atoms with Gasteiger partial charge in [0.1, 0.15) is 29.9 Å².